The van der Waals surface area contributed by atoms with Crippen molar-refractivity contribution in [2.45, 2.75) is 6.61 Å². The molecule has 0 radical (unpaired) electrons. The summed E-state index contributed by atoms with van der Waals surface area (Å²) in [6.45, 7) is 2.06. The molecule has 1 saturated heterocycles. The number of amides is 3. The zero-order valence-electron chi connectivity index (χ0n) is 17.4. The molecule has 32 heavy (non-hydrogen) atoms. The number of piperazine rings is 1. The van der Waals surface area contributed by atoms with Crippen molar-refractivity contribution in [2.24, 2.45) is 0 Å². The third-order valence-electron chi connectivity index (χ3n) is 5.17. The molecule has 8 heteroatoms. The second-order valence-electron chi connectivity index (χ2n) is 7.39. The minimum atomic E-state index is -0.295. The van der Waals surface area contributed by atoms with E-state index in [1.807, 2.05) is 0 Å². The highest BCUT2D eigenvalue weighted by atomic mass is 19.1. The average Bonchev–Trinajstić information content (AvgIpc) is 2.84. The Hall–Kier alpha value is -3.94. The normalized spacial score (nSPS) is 13.5. The molecular weight excluding hydrogens is 411 g/mol. The number of nitrogens with one attached hydrogen (secondary N) is 1. The molecule has 2 heterocycles. The highest BCUT2D eigenvalue weighted by Crippen LogP contribution is 2.18. The van der Waals surface area contributed by atoms with E-state index in [1.165, 1.54) is 12.1 Å². The van der Waals surface area contributed by atoms with Gasteiger partial charge in [0.15, 0.2) is 0 Å². The monoisotopic (exact) mass is 434 g/mol. The van der Waals surface area contributed by atoms with Crippen LogP contribution in [0.1, 0.15) is 15.9 Å². The first-order chi connectivity index (χ1) is 15.6. The summed E-state index contributed by atoms with van der Waals surface area (Å²) in [7, 11) is 0. The van der Waals surface area contributed by atoms with Crippen molar-refractivity contribution in [3.05, 3.63) is 90.0 Å². The Kier molecular flexibility index (Phi) is 6.60. The van der Waals surface area contributed by atoms with Gasteiger partial charge in [0.25, 0.3) is 5.91 Å². The number of halogens is 1. The number of nitrogens with zero attached hydrogens (tertiary/aromatic N) is 3. The molecule has 7 nitrogen and oxygen atoms in total. The lowest BCUT2D eigenvalue weighted by Gasteiger charge is -2.34. The van der Waals surface area contributed by atoms with Crippen LogP contribution in [0.25, 0.3) is 0 Å². The van der Waals surface area contributed by atoms with Gasteiger partial charge in [0.2, 0.25) is 0 Å². The quantitative estimate of drug-likeness (QED) is 0.663. The summed E-state index contributed by atoms with van der Waals surface area (Å²) < 4.78 is 18.8. The molecule has 0 aliphatic carbocycles. The van der Waals surface area contributed by atoms with Gasteiger partial charge >= 0.3 is 6.03 Å². The van der Waals surface area contributed by atoms with E-state index in [2.05, 4.69) is 10.3 Å². The van der Waals surface area contributed by atoms with Crippen LogP contribution in [-0.2, 0) is 6.61 Å². The van der Waals surface area contributed by atoms with Crippen molar-refractivity contribution in [3.63, 3.8) is 0 Å². The van der Waals surface area contributed by atoms with Gasteiger partial charge in [-0.05, 0) is 48.0 Å². The molecule has 0 spiro atoms. The number of hydrogen-bond donors (Lipinski definition) is 1. The standard InChI is InChI=1S/C24H23FN4O3/c25-20-8-6-18(7-9-20)17-32-22-5-1-3-19(15-22)23(30)28-11-13-29(14-12-28)24(31)27-21-4-2-10-26-16-21/h1-10,15-16H,11-14,17H2,(H,27,31). The SMILES string of the molecule is O=C(Nc1cccnc1)N1CCN(C(=O)c2cccc(OCc3ccc(F)cc3)c2)CC1. The third kappa shape index (κ3) is 5.40. The molecule has 2 aromatic carbocycles. The molecule has 1 aromatic heterocycles. The summed E-state index contributed by atoms with van der Waals surface area (Å²) in [5.41, 5.74) is 1.99. The van der Waals surface area contributed by atoms with Crippen LogP contribution in [-0.4, -0.2) is 52.9 Å². The van der Waals surface area contributed by atoms with Gasteiger partial charge in [0, 0.05) is 37.9 Å². The Morgan fingerprint density at radius 1 is 0.969 bits per heavy atom. The van der Waals surface area contributed by atoms with E-state index in [-0.39, 0.29) is 24.4 Å². The number of hydrogen-bond acceptors (Lipinski definition) is 4. The van der Waals surface area contributed by atoms with Gasteiger partial charge in [-0.25, -0.2) is 9.18 Å². The Bertz CT molecular complexity index is 1070. The van der Waals surface area contributed by atoms with E-state index in [0.717, 1.165) is 5.56 Å². The zero-order valence-corrected chi connectivity index (χ0v) is 17.4. The molecule has 1 fully saturated rings. The lowest BCUT2D eigenvalue weighted by atomic mass is 10.1. The molecule has 4 rings (SSSR count). The van der Waals surface area contributed by atoms with Crippen molar-refractivity contribution in [2.75, 3.05) is 31.5 Å². The Morgan fingerprint density at radius 2 is 1.72 bits per heavy atom. The molecule has 0 atom stereocenters. The summed E-state index contributed by atoms with van der Waals surface area (Å²) in [5.74, 6) is 0.162. The maximum atomic E-state index is 13.0. The zero-order chi connectivity index (χ0) is 22.3. The number of rotatable bonds is 5. The number of anilines is 1. The van der Waals surface area contributed by atoms with Crippen LogP contribution in [0.5, 0.6) is 5.75 Å². The van der Waals surface area contributed by atoms with Gasteiger partial charge in [0.1, 0.15) is 18.2 Å². The van der Waals surface area contributed by atoms with Crippen molar-refractivity contribution < 1.29 is 18.7 Å². The summed E-state index contributed by atoms with van der Waals surface area (Å²) in [6, 6.07) is 16.4. The highest BCUT2D eigenvalue weighted by Gasteiger charge is 2.25. The second kappa shape index (κ2) is 9.91. The van der Waals surface area contributed by atoms with Crippen LogP contribution in [0.15, 0.2) is 73.1 Å². The topological polar surface area (TPSA) is 74.8 Å². The van der Waals surface area contributed by atoms with Crippen LogP contribution in [0.3, 0.4) is 0 Å². The van der Waals surface area contributed by atoms with Crippen molar-refractivity contribution in [3.8, 4) is 5.75 Å². The van der Waals surface area contributed by atoms with E-state index in [9.17, 15) is 14.0 Å². The van der Waals surface area contributed by atoms with Crippen LogP contribution >= 0.6 is 0 Å². The van der Waals surface area contributed by atoms with Crippen LogP contribution in [0.4, 0.5) is 14.9 Å². The molecular formula is C24H23FN4O3. The number of aromatic nitrogens is 1. The minimum absolute atomic E-state index is 0.107. The fourth-order valence-corrected chi connectivity index (χ4v) is 3.40. The van der Waals surface area contributed by atoms with E-state index in [0.29, 0.717) is 43.2 Å². The average molecular weight is 434 g/mol. The fraction of sp³-hybridized carbons (Fsp3) is 0.208. The first-order valence-electron chi connectivity index (χ1n) is 10.3. The summed E-state index contributed by atoms with van der Waals surface area (Å²) in [6.07, 6.45) is 3.23. The number of ether oxygens (including phenoxy) is 1. The summed E-state index contributed by atoms with van der Waals surface area (Å²) >= 11 is 0. The molecule has 164 valence electrons. The van der Waals surface area contributed by atoms with E-state index < -0.39 is 0 Å². The lowest BCUT2D eigenvalue weighted by Crippen LogP contribution is -2.51. The molecule has 0 saturated carbocycles. The van der Waals surface area contributed by atoms with E-state index in [4.69, 9.17) is 4.74 Å². The van der Waals surface area contributed by atoms with Crippen molar-refractivity contribution in [1.29, 1.82) is 0 Å². The van der Waals surface area contributed by atoms with E-state index in [1.54, 1.807) is 70.7 Å². The fourth-order valence-electron chi connectivity index (χ4n) is 3.40. The molecule has 3 aromatic rings. The maximum Gasteiger partial charge on any atom is 0.322 e. The summed E-state index contributed by atoms with van der Waals surface area (Å²) in [5, 5.41) is 2.81. The second-order valence-corrected chi connectivity index (χ2v) is 7.39. The molecule has 0 unspecified atom stereocenters. The molecule has 1 aliphatic rings. The Morgan fingerprint density at radius 3 is 2.44 bits per heavy atom. The largest absolute Gasteiger partial charge is 0.489 e. The predicted octanol–water partition coefficient (Wildman–Crippen LogP) is 3.79. The Labute approximate surface area is 185 Å². The van der Waals surface area contributed by atoms with Gasteiger partial charge < -0.3 is 19.9 Å². The lowest BCUT2D eigenvalue weighted by molar-refractivity contribution is 0.0671. The van der Waals surface area contributed by atoms with Crippen molar-refractivity contribution in [1.82, 2.24) is 14.8 Å². The number of pyridine rings is 1. The Balaban J connectivity index is 1.30. The van der Waals surface area contributed by atoms with Gasteiger partial charge in [-0.1, -0.05) is 18.2 Å². The maximum absolute atomic E-state index is 13.0. The first-order valence-corrected chi connectivity index (χ1v) is 10.3. The highest BCUT2D eigenvalue weighted by molar-refractivity contribution is 5.95. The van der Waals surface area contributed by atoms with Crippen molar-refractivity contribution >= 4 is 17.6 Å². The van der Waals surface area contributed by atoms with E-state index >= 15 is 0 Å². The van der Waals surface area contributed by atoms with Gasteiger partial charge in [-0.2, -0.15) is 0 Å². The van der Waals surface area contributed by atoms with Crippen LogP contribution in [0, 0.1) is 5.82 Å². The van der Waals surface area contributed by atoms with Gasteiger partial charge in [0.05, 0.1) is 11.9 Å². The molecule has 0 bridgehead atoms. The van der Waals surface area contributed by atoms with Gasteiger partial charge in [-0.3, -0.25) is 9.78 Å². The minimum Gasteiger partial charge on any atom is -0.489 e. The predicted molar refractivity (Wildman–Crippen MR) is 118 cm³/mol. The van der Waals surface area contributed by atoms with Crippen LogP contribution in [0.2, 0.25) is 0 Å². The third-order valence-corrected chi connectivity index (χ3v) is 5.17. The smallest absolute Gasteiger partial charge is 0.322 e. The number of urea groups is 1. The van der Waals surface area contributed by atoms with Crippen LogP contribution < -0.4 is 10.1 Å². The molecule has 3 amide bonds. The number of benzene rings is 2. The molecule has 1 N–H and O–H groups in total. The molecule has 1 aliphatic heterocycles. The number of carbonyl (C=O) groups is 2. The number of carbonyl (C=O) groups excluding carboxylic acids is 2. The van der Waals surface area contributed by atoms with Gasteiger partial charge in [-0.15, -0.1) is 0 Å². The first kappa shape index (κ1) is 21.3. The summed E-state index contributed by atoms with van der Waals surface area (Å²) in [4.78, 5) is 32.7.